The summed E-state index contributed by atoms with van der Waals surface area (Å²) in [4.78, 5) is 0. The predicted octanol–water partition coefficient (Wildman–Crippen LogP) is 3.87. The Kier molecular flexibility index (Phi) is 2.36. The minimum atomic E-state index is -0.276. The molecule has 0 aromatic heterocycles. The van der Waals surface area contributed by atoms with Crippen molar-refractivity contribution in [1.29, 1.82) is 0 Å². The number of rotatable bonds is 0. The first-order valence-electron chi connectivity index (χ1n) is 5.76. The van der Waals surface area contributed by atoms with Gasteiger partial charge in [-0.2, -0.15) is 0 Å². The molecule has 3 rings (SSSR count). The molecule has 0 bridgehead atoms. The smallest absolute Gasteiger partial charge is 0.165 e. The Morgan fingerprint density at radius 2 is 1.82 bits per heavy atom. The van der Waals surface area contributed by atoms with E-state index in [-0.39, 0.29) is 11.7 Å². The Balaban J connectivity index is 2.20. The SMILES string of the molecule is CC1c2ccccc2COc2c(F)cccc21. The number of ether oxygens (including phenoxy) is 1. The number of para-hydroxylation sites is 1. The van der Waals surface area contributed by atoms with Gasteiger partial charge in [-0.1, -0.05) is 43.3 Å². The number of halogens is 1. The largest absolute Gasteiger partial charge is 0.486 e. The third-order valence-electron chi connectivity index (χ3n) is 3.36. The van der Waals surface area contributed by atoms with Gasteiger partial charge in [0, 0.05) is 11.5 Å². The summed E-state index contributed by atoms with van der Waals surface area (Å²) in [6, 6.07) is 13.2. The molecule has 0 N–H and O–H groups in total. The van der Waals surface area contributed by atoms with E-state index >= 15 is 0 Å². The molecule has 2 aromatic rings. The fraction of sp³-hybridized carbons (Fsp3) is 0.200. The quantitative estimate of drug-likeness (QED) is 0.665. The average molecular weight is 228 g/mol. The lowest BCUT2D eigenvalue weighted by Gasteiger charge is -2.13. The summed E-state index contributed by atoms with van der Waals surface area (Å²) in [5.41, 5.74) is 3.28. The van der Waals surface area contributed by atoms with Crippen molar-refractivity contribution in [3.8, 4) is 5.75 Å². The summed E-state index contributed by atoms with van der Waals surface area (Å²) >= 11 is 0. The Hall–Kier alpha value is -1.83. The number of hydrogen-bond donors (Lipinski definition) is 0. The molecule has 1 atom stereocenters. The molecule has 1 heterocycles. The predicted molar refractivity (Wildman–Crippen MR) is 64.7 cm³/mol. The summed E-state index contributed by atoms with van der Waals surface area (Å²) in [5, 5.41) is 0. The topological polar surface area (TPSA) is 9.23 Å². The first kappa shape index (κ1) is 10.3. The van der Waals surface area contributed by atoms with Crippen LogP contribution in [0.5, 0.6) is 5.75 Å². The van der Waals surface area contributed by atoms with Crippen molar-refractivity contribution >= 4 is 0 Å². The van der Waals surface area contributed by atoms with Crippen LogP contribution < -0.4 is 4.74 Å². The van der Waals surface area contributed by atoms with Gasteiger partial charge in [0.25, 0.3) is 0 Å². The second kappa shape index (κ2) is 3.88. The van der Waals surface area contributed by atoms with Crippen LogP contribution in [0.1, 0.15) is 29.5 Å². The van der Waals surface area contributed by atoms with Gasteiger partial charge in [-0.25, -0.2) is 4.39 Å². The highest BCUT2D eigenvalue weighted by Crippen LogP contribution is 2.38. The number of fused-ring (bicyclic) bond motifs is 2. The summed E-state index contributed by atoms with van der Waals surface area (Å²) in [6.45, 7) is 2.53. The highest BCUT2D eigenvalue weighted by atomic mass is 19.1. The molecule has 1 aliphatic rings. The molecule has 0 saturated heterocycles. The molecule has 0 amide bonds. The molecular formula is C15H13FO. The highest BCUT2D eigenvalue weighted by Gasteiger charge is 2.22. The van der Waals surface area contributed by atoms with Crippen LogP contribution in [-0.4, -0.2) is 0 Å². The maximum absolute atomic E-state index is 13.7. The Morgan fingerprint density at radius 1 is 1.06 bits per heavy atom. The maximum Gasteiger partial charge on any atom is 0.165 e. The van der Waals surface area contributed by atoms with Gasteiger partial charge < -0.3 is 4.74 Å². The van der Waals surface area contributed by atoms with Crippen LogP contribution in [0.4, 0.5) is 4.39 Å². The van der Waals surface area contributed by atoms with E-state index in [0.717, 1.165) is 11.1 Å². The van der Waals surface area contributed by atoms with E-state index < -0.39 is 0 Å². The van der Waals surface area contributed by atoms with E-state index in [2.05, 4.69) is 13.0 Å². The van der Waals surface area contributed by atoms with Gasteiger partial charge in [0.2, 0.25) is 0 Å². The van der Waals surface area contributed by atoms with Gasteiger partial charge in [0.15, 0.2) is 11.6 Å². The average Bonchev–Trinajstić information content (AvgIpc) is 2.50. The maximum atomic E-state index is 13.7. The standard InChI is InChI=1S/C15H13FO/c1-10-12-6-3-2-5-11(12)9-17-15-13(10)7-4-8-14(15)16/h2-8,10H,9H2,1H3. The van der Waals surface area contributed by atoms with Gasteiger partial charge in [0.1, 0.15) is 6.61 Å². The lowest BCUT2D eigenvalue weighted by atomic mass is 9.90. The van der Waals surface area contributed by atoms with E-state index in [1.807, 2.05) is 24.3 Å². The zero-order chi connectivity index (χ0) is 11.8. The normalized spacial score (nSPS) is 17.6. The van der Waals surface area contributed by atoms with Crippen LogP contribution in [-0.2, 0) is 6.61 Å². The van der Waals surface area contributed by atoms with Crippen LogP contribution in [0.25, 0.3) is 0 Å². The Bertz CT molecular complexity index is 563. The summed E-state index contributed by atoms with van der Waals surface area (Å²) in [6.07, 6.45) is 0. The van der Waals surface area contributed by atoms with E-state index in [9.17, 15) is 4.39 Å². The first-order valence-corrected chi connectivity index (χ1v) is 5.76. The molecule has 86 valence electrons. The lowest BCUT2D eigenvalue weighted by Crippen LogP contribution is -1.97. The van der Waals surface area contributed by atoms with E-state index in [0.29, 0.717) is 12.4 Å². The van der Waals surface area contributed by atoms with E-state index in [4.69, 9.17) is 4.74 Å². The molecule has 2 heteroatoms. The van der Waals surface area contributed by atoms with Crippen LogP contribution in [0.15, 0.2) is 42.5 Å². The van der Waals surface area contributed by atoms with Crippen LogP contribution >= 0.6 is 0 Å². The minimum absolute atomic E-state index is 0.166. The van der Waals surface area contributed by atoms with Crippen molar-refractivity contribution in [2.45, 2.75) is 19.4 Å². The zero-order valence-corrected chi connectivity index (χ0v) is 9.61. The molecular weight excluding hydrogens is 215 g/mol. The van der Waals surface area contributed by atoms with E-state index in [1.165, 1.54) is 11.6 Å². The van der Waals surface area contributed by atoms with Crippen LogP contribution in [0.2, 0.25) is 0 Å². The van der Waals surface area contributed by atoms with Crippen molar-refractivity contribution in [1.82, 2.24) is 0 Å². The molecule has 0 radical (unpaired) electrons. The molecule has 0 saturated carbocycles. The summed E-state index contributed by atoms with van der Waals surface area (Å²) in [7, 11) is 0. The second-order valence-electron chi connectivity index (χ2n) is 4.37. The number of benzene rings is 2. The molecule has 1 aliphatic heterocycles. The van der Waals surface area contributed by atoms with Gasteiger partial charge in [-0.15, -0.1) is 0 Å². The lowest BCUT2D eigenvalue weighted by molar-refractivity contribution is 0.290. The monoisotopic (exact) mass is 228 g/mol. The summed E-state index contributed by atoms with van der Waals surface area (Å²) < 4.78 is 19.3. The molecule has 2 aromatic carbocycles. The van der Waals surface area contributed by atoms with Crippen molar-refractivity contribution in [3.05, 3.63) is 65.0 Å². The molecule has 1 unspecified atom stereocenters. The minimum Gasteiger partial charge on any atom is -0.486 e. The molecule has 17 heavy (non-hydrogen) atoms. The summed E-state index contributed by atoms with van der Waals surface area (Å²) in [5.74, 6) is 0.290. The van der Waals surface area contributed by atoms with E-state index in [1.54, 1.807) is 6.07 Å². The van der Waals surface area contributed by atoms with Crippen molar-refractivity contribution in [3.63, 3.8) is 0 Å². The van der Waals surface area contributed by atoms with Gasteiger partial charge >= 0.3 is 0 Å². The van der Waals surface area contributed by atoms with Crippen LogP contribution in [0.3, 0.4) is 0 Å². The Labute approximate surface area is 99.9 Å². The van der Waals surface area contributed by atoms with Gasteiger partial charge in [-0.05, 0) is 17.2 Å². The van der Waals surface area contributed by atoms with Crippen molar-refractivity contribution in [2.24, 2.45) is 0 Å². The third kappa shape index (κ3) is 1.60. The molecule has 0 spiro atoms. The molecule has 1 nitrogen and oxygen atoms in total. The second-order valence-corrected chi connectivity index (χ2v) is 4.37. The van der Waals surface area contributed by atoms with Crippen molar-refractivity contribution < 1.29 is 9.13 Å². The fourth-order valence-electron chi connectivity index (χ4n) is 2.42. The molecule has 0 aliphatic carbocycles. The van der Waals surface area contributed by atoms with Gasteiger partial charge in [0.05, 0.1) is 0 Å². The fourth-order valence-corrected chi connectivity index (χ4v) is 2.42. The first-order chi connectivity index (χ1) is 8.27. The third-order valence-corrected chi connectivity index (χ3v) is 3.36. The molecule has 0 fully saturated rings. The van der Waals surface area contributed by atoms with Crippen LogP contribution in [0, 0.1) is 5.82 Å². The highest BCUT2D eigenvalue weighted by molar-refractivity contribution is 5.46. The number of hydrogen-bond acceptors (Lipinski definition) is 1. The Morgan fingerprint density at radius 3 is 2.71 bits per heavy atom. The van der Waals surface area contributed by atoms with Gasteiger partial charge in [-0.3, -0.25) is 0 Å². The zero-order valence-electron chi connectivity index (χ0n) is 9.61. The van der Waals surface area contributed by atoms with Crippen molar-refractivity contribution in [2.75, 3.05) is 0 Å².